The lowest BCUT2D eigenvalue weighted by Crippen LogP contribution is -2.11. The van der Waals surface area contributed by atoms with Crippen LogP contribution in [-0.2, 0) is 5.75 Å². The van der Waals surface area contributed by atoms with Crippen LogP contribution in [0.3, 0.4) is 0 Å². The van der Waals surface area contributed by atoms with E-state index in [0.29, 0.717) is 16.4 Å². The number of hydrogen-bond acceptors (Lipinski definition) is 6. The van der Waals surface area contributed by atoms with E-state index in [0.717, 1.165) is 10.1 Å². The molecule has 0 saturated heterocycles. The first-order valence-electron chi connectivity index (χ1n) is 8.02. The van der Waals surface area contributed by atoms with Crippen LogP contribution in [0.1, 0.15) is 27.0 Å². The molecule has 0 bridgehead atoms. The number of carbonyl (C=O) groups excluding carboxylic acids is 1. The van der Waals surface area contributed by atoms with Crippen LogP contribution < -0.4 is 10.1 Å². The number of methoxy groups -OCH3 is 1. The highest BCUT2D eigenvalue weighted by Gasteiger charge is 2.11. The zero-order chi connectivity index (χ0) is 18.5. The van der Waals surface area contributed by atoms with Gasteiger partial charge < -0.3 is 4.74 Å². The summed E-state index contributed by atoms with van der Waals surface area (Å²) in [4.78, 5) is 12.3. The van der Waals surface area contributed by atoms with Crippen molar-refractivity contribution in [2.45, 2.75) is 23.9 Å². The second-order valence-corrected chi connectivity index (χ2v) is 8.04. The summed E-state index contributed by atoms with van der Waals surface area (Å²) in [7, 11) is 1.57. The molecule has 0 atom stereocenters. The third-order valence-corrected chi connectivity index (χ3v) is 5.65. The molecule has 0 saturated carbocycles. The van der Waals surface area contributed by atoms with Crippen LogP contribution in [0.15, 0.2) is 46.8 Å². The molecule has 1 N–H and O–H groups in total. The van der Waals surface area contributed by atoms with Crippen molar-refractivity contribution in [2.75, 3.05) is 12.4 Å². The number of carbonyl (C=O) groups is 1. The zero-order valence-corrected chi connectivity index (χ0v) is 16.4. The highest BCUT2D eigenvalue weighted by atomic mass is 32.2. The van der Waals surface area contributed by atoms with E-state index in [9.17, 15) is 4.79 Å². The van der Waals surface area contributed by atoms with Gasteiger partial charge in [-0.15, -0.1) is 10.2 Å². The zero-order valence-electron chi connectivity index (χ0n) is 14.8. The molecule has 0 aliphatic carbocycles. The van der Waals surface area contributed by atoms with Crippen LogP contribution in [0.5, 0.6) is 5.75 Å². The Kier molecular flexibility index (Phi) is 5.90. The molecule has 2 aromatic carbocycles. The van der Waals surface area contributed by atoms with Gasteiger partial charge in [0, 0.05) is 11.3 Å². The molecule has 1 amide bonds. The quantitative estimate of drug-likeness (QED) is 0.492. The van der Waals surface area contributed by atoms with Gasteiger partial charge in [-0.25, -0.2) is 0 Å². The Labute approximate surface area is 160 Å². The molecular formula is C19H19N3O2S2. The van der Waals surface area contributed by atoms with Crippen LogP contribution >= 0.6 is 23.1 Å². The third-order valence-electron chi connectivity index (χ3n) is 3.60. The summed E-state index contributed by atoms with van der Waals surface area (Å²) in [6, 6.07) is 13.5. The Hall–Kier alpha value is -2.38. The third kappa shape index (κ3) is 4.83. The molecule has 1 heterocycles. The topological polar surface area (TPSA) is 64.1 Å². The van der Waals surface area contributed by atoms with E-state index < -0.39 is 0 Å². The number of aromatic nitrogens is 2. The van der Waals surface area contributed by atoms with E-state index in [1.165, 1.54) is 28.0 Å². The number of benzene rings is 2. The molecule has 134 valence electrons. The molecule has 5 nitrogen and oxygen atoms in total. The fourth-order valence-corrected chi connectivity index (χ4v) is 4.23. The van der Waals surface area contributed by atoms with E-state index in [1.54, 1.807) is 43.1 Å². The second kappa shape index (κ2) is 8.33. The van der Waals surface area contributed by atoms with E-state index in [-0.39, 0.29) is 5.91 Å². The van der Waals surface area contributed by atoms with Crippen LogP contribution in [-0.4, -0.2) is 23.2 Å². The number of anilines is 1. The van der Waals surface area contributed by atoms with Crippen molar-refractivity contribution in [3.8, 4) is 5.75 Å². The molecule has 3 rings (SSSR count). The normalized spacial score (nSPS) is 10.6. The van der Waals surface area contributed by atoms with Crippen LogP contribution in [0.2, 0.25) is 0 Å². The maximum Gasteiger partial charge on any atom is 0.257 e. The number of thioether (sulfide) groups is 1. The fraction of sp³-hybridized carbons (Fsp3) is 0.211. The molecule has 0 aliphatic heterocycles. The minimum absolute atomic E-state index is 0.231. The van der Waals surface area contributed by atoms with Crippen molar-refractivity contribution in [1.29, 1.82) is 0 Å². The van der Waals surface area contributed by atoms with Gasteiger partial charge in [0.25, 0.3) is 5.91 Å². The minimum atomic E-state index is -0.231. The number of rotatable bonds is 6. The van der Waals surface area contributed by atoms with Crippen molar-refractivity contribution in [1.82, 2.24) is 10.2 Å². The van der Waals surface area contributed by atoms with Gasteiger partial charge in [-0.05, 0) is 37.6 Å². The number of nitrogens with one attached hydrogen (secondary N) is 1. The predicted octanol–water partition coefficient (Wildman–Crippen LogP) is 4.71. The maximum absolute atomic E-state index is 12.3. The van der Waals surface area contributed by atoms with Gasteiger partial charge in [-0.3, -0.25) is 10.1 Å². The first-order chi connectivity index (χ1) is 12.5. The number of aryl methyl sites for hydroxylation is 2. The van der Waals surface area contributed by atoms with Crippen LogP contribution in [0.25, 0.3) is 0 Å². The van der Waals surface area contributed by atoms with Gasteiger partial charge in [0.1, 0.15) is 5.75 Å². The largest absolute Gasteiger partial charge is 0.497 e. The fourth-order valence-electron chi connectivity index (χ4n) is 2.55. The molecule has 0 aliphatic rings. The number of nitrogens with zero attached hydrogens (tertiary/aromatic N) is 2. The lowest BCUT2D eigenvalue weighted by atomic mass is 10.1. The lowest BCUT2D eigenvalue weighted by Gasteiger charge is -2.04. The standard InChI is InChI=1S/C19H19N3O2S2/c1-12-7-13(2)9-14(8-12)11-25-19-22-21-18(26-19)20-17(23)15-5-4-6-16(10-15)24-3/h4-10H,11H2,1-3H3,(H,20,21,23). The highest BCUT2D eigenvalue weighted by molar-refractivity contribution is 8.00. The monoisotopic (exact) mass is 385 g/mol. The van der Waals surface area contributed by atoms with Crippen molar-refractivity contribution in [2.24, 2.45) is 0 Å². The van der Waals surface area contributed by atoms with E-state index >= 15 is 0 Å². The molecule has 26 heavy (non-hydrogen) atoms. The summed E-state index contributed by atoms with van der Waals surface area (Å²) in [6.45, 7) is 4.19. The summed E-state index contributed by atoms with van der Waals surface area (Å²) >= 11 is 2.99. The number of amides is 1. The number of hydrogen-bond donors (Lipinski definition) is 1. The average molecular weight is 386 g/mol. The van der Waals surface area contributed by atoms with Crippen molar-refractivity contribution in [3.63, 3.8) is 0 Å². The van der Waals surface area contributed by atoms with Crippen LogP contribution in [0, 0.1) is 13.8 Å². The van der Waals surface area contributed by atoms with Gasteiger partial charge in [-0.2, -0.15) is 0 Å². The summed E-state index contributed by atoms with van der Waals surface area (Å²) in [6.07, 6.45) is 0. The summed E-state index contributed by atoms with van der Waals surface area (Å²) in [5, 5.41) is 11.5. The summed E-state index contributed by atoms with van der Waals surface area (Å²) < 4.78 is 5.97. The van der Waals surface area contributed by atoms with Gasteiger partial charge in [-0.1, -0.05) is 58.5 Å². The van der Waals surface area contributed by atoms with Gasteiger partial charge >= 0.3 is 0 Å². The first-order valence-corrected chi connectivity index (χ1v) is 9.82. The predicted molar refractivity (Wildman–Crippen MR) is 106 cm³/mol. The Morgan fingerprint density at radius 3 is 2.65 bits per heavy atom. The Morgan fingerprint density at radius 2 is 1.92 bits per heavy atom. The van der Waals surface area contributed by atoms with E-state index in [2.05, 4.69) is 47.6 Å². The van der Waals surface area contributed by atoms with Crippen molar-refractivity contribution < 1.29 is 9.53 Å². The highest BCUT2D eigenvalue weighted by Crippen LogP contribution is 2.29. The van der Waals surface area contributed by atoms with Crippen LogP contribution in [0.4, 0.5) is 5.13 Å². The van der Waals surface area contributed by atoms with Crippen molar-refractivity contribution in [3.05, 3.63) is 64.7 Å². The maximum atomic E-state index is 12.3. The van der Waals surface area contributed by atoms with Gasteiger partial charge in [0.05, 0.1) is 7.11 Å². The molecule has 7 heteroatoms. The Morgan fingerprint density at radius 1 is 1.15 bits per heavy atom. The smallest absolute Gasteiger partial charge is 0.257 e. The Balaban J connectivity index is 1.61. The van der Waals surface area contributed by atoms with Gasteiger partial charge in [0.2, 0.25) is 5.13 Å². The van der Waals surface area contributed by atoms with Gasteiger partial charge in [0.15, 0.2) is 4.34 Å². The molecule has 0 fully saturated rings. The molecule has 0 radical (unpaired) electrons. The average Bonchev–Trinajstić information content (AvgIpc) is 3.06. The molecular weight excluding hydrogens is 366 g/mol. The molecule has 1 aromatic heterocycles. The molecule has 0 spiro atoms. The SMILES string of the molecule is COc1cccc(C(=O)Nc2nnc(SCc3cc(C)cc(C)c3)s2)c1. The molecule has 0 unspecified atom stereocenters. The van der Waals surface area contributed by atoms with Crippen molar-refractivity contribution >= 4 is 34.1 Å². The lowest BCUT2D eigenvalue weighted by molar-refractivity contribution is 0.102. The Bertz CT molecular complexity index is 904. The molecule has 3 aromatic rings. The first kappa shape index (κ1) is 18.4. The van der Waals surface area contributed by atoms with E-state index in [4.69, 9.17) is 4.74 Å². The second-order valence-electron chi connectivity index (χ2n) is 5.84. The summed E-state index contributed by atoms with van der Waals surface area (Å²) in [5.74, 6) is 1.23. The van der Waals surface area contributed by atoms with E-state index in [1.807, 2.05) is 0 Å². The number of ether oxygens (including phenoxy) is 1. The minimum Gasteiger partial charge on any atom is -0.497 e. The summed E-state index contributed by atoms with van der Waals surface area (Å²) in [5.41, 5.74) is 4.28.